The molecule has 3 aromatic heterocycles. The Bertz CT molecular complexity index is 1360. The fourth-order valence-corrected chi connectivity index (χ4v) is 4.29. The Morgan fingerprint density at radius 3 is 2.65 bits per heavy atom. The van der Waals surface area contributed by atoms with Gasteiger partial charge in [-0.05, 0) is 49.6 Å². The van der Waals surface area contributed by atoms with Crippen LogP contribution in [0, 0.1) is 12.7 Å². The molecule has 0 radical (unpaired) electrons. The van der Waals surface area contributed by atoms with Crippen LogP contribution in [-0.4, -0.2) is 36.4 Å². The van der Waals surface area contributed by atoms with Crippen LogP contribution in [0.15, 0.2) is 42.9 Å². The predicted octanol–water partition coefficient (Wildman–Crippen LogP) is 4.93. The first-order chi connectivity index (χ1) is 16.2. The molecule has 0 spiro atoms. The molecule has 4 aromatic rings. The highest BCUT2D eigenvalue weighted by atomic mass is 19.4. The lowest BCUT2D eigenvalue weighted by Crippen LogP contribution is -2.21. The van der Waals surface area contributed by atoms with Gasteiger partial charge in [-0.3, -0.25) is 0 Å². The van der Waals surface area contributed by atoms with Gasteiger partial charge in [0.05, 0.1) is 24.7 Å². The molecular weight excluding hydrogens is 452 g/mol. The first-order valence-electron chi connectivity index (χ1n) is 10.6. The van der Waals surface area contributed by atoms with Gasteiger partial charge in [0.1, 0.15) is 23.0 Å². The molecule has 5 rings (SSSR count). The summed E-state index contributed by atoms with van der Waals surface area (Å²) >= 11 is 0. The topological polar surface area (TPSA) is 70.7 Å². The lowest BCUT2D eigenvalue weighted by atomic mass is 9.87. The standard InChI is InChI=1S/C23H20F4N6O/c1-13-11-32(12-28-13)19-8-7-18(29-22(19)34-2)20-30-21-16(4-3-9-33(21)31-20)15-6-5-14(24)10-17(15)23(25,26)27/h5-8,10-12,16H,3-4,9H2,1-2H3/t16-/m0/s1. The van der Waals surface area contributed by atoms with E-state index in [2.05, 4.69) is 20.1 Å². The van der Waals surface area contributed by atoms with Gasteiger partial charge in [-0.15, -0.1) is 5.10 Å². The summed E-state index contributed by atoms with van der Waals surface area (Å²) in [6.07, 6.45) is -0.141. The van der Waals surface area contributed by atoms with Crippen LogP contribution in [0.1, 0.15) is 41.4 Å². The van der Waals surface area contributed by atoms with E-state index in [0.29, 0.717) is 48.5 Å². The molecule has 4 heterocycles. The molecule has 1 atom stereocenters. The van der Waals surface area contributed by atoms with E-state index in [-0.39, 0.29) is 11.4 Å². The third-order valence-corrected chi connectivity index (χ3v) is 5.82. The van der Waals surface area contributed by atoms with Crippen molar-refractivity contribution in [1.29, 1.82) is 0 Å². The van der Waals surface area contributed by atoms with Crippen LogP contribution in [0.4, 0.5) is 17.6 Å². The predicted molar refractivity (Wildman–Crippen MR) is 114 cm³/mol. The molecule has 1 aliphatic heterocycles. The van der Waals surface area contributed by atoms with Crippen LogP contribution in [0.25, 0.3) is 17.2 Å². The van der Waals surface area contributed by atoms with Gasteiger partial charge in [-0.1, -0.05) is 6.07 Å². The number of fused-ring (bicyclic) bond motifs is 1. The highest BCUT2D eigenvalue weighted by molar-refractivity contribution is 5.55. The van der Waals surface area contributed by atoms with Gasteiger partial charge in [0, 0.05) is 18.7 Å². The van der Waals surface area contributed by atoms with E-state index < -0.39 is 23.5 Å². The normalized spacial score (nSPS) is 15.9. The first-order valence-corrected chi connectivity index (χ1v) is 10.6. The molecule has 0 N–H and O–H groups in total. The zero-order valence-corrected chi connectivity index (χ0v) is 18.3. The van der Waals surface area contributed by atoms with Crippen molar-refractivity contribution in [2.75, 3.05) is 7.11 Å². The van der Waals surface area contributed by atoms with Gasteiger partial charge in [-0.25, -0.2) is 24.0 Å². The minimum Gasteiger partial charge on any atom is -0.479 e. The maximum absolute atomic E-state index is 13.7. The molecule has 1 aliphatic rings. The second-order valence-corrected chi connectivity index (χ2v) is 8.09. The maximum Gasteiger partial charge on any atom is 0.416 e. The van der Waals surface area contributed by atoms with Crippen molar-refractivity contribution in [3.05, 3.63) is 71.3 Å². The fourth-order valence-electron chi connectivity index (χ4n) is 4.29. The number of pyridine rings is 1. The number of methoxy groups -OCH3 is 1. The number of aryl methyl sites for hydroxylation is 2. The van der Waals surface area contributed by atoms with Crippen LogP contribution in [0.2, 0.25) is 0 Å². The molecule has 34 heavy (non-hydrogen) atoms. The smallest absolute Gasteiger partial charge is 0.416 e. The Morgan fingerprint density at radius 1 is 1.12 bits per heavy atom. The maximum atomic E-state index is 13.7. The Kier molecular flexibility index (Phi) is 5.34. The molecule has 0 amide bonds. The van der Waals surface area contributed by atoms with E-state index in [1.807, 2.05) is 13.1 Å². The monoisotopic (exact) mass is 472 g/mol. The van der Waals surface area contributed by atoms with E-state index in [9.17, 15) is 17.6 Å². The molecule has 7 nitrogen and oxygen atoms in total. The Labute approximate surface area is 192 Å². The average molecular weight is 472 g/mol. The second-order valence-electron chi connectivity index (χ2n) is 8.09. The van der Waals surface area contributed by atoms with Gasteiger partial charge >= 0.3 is 6.18 Å². The van der Waals surface area contributed by atoms with Crippen LogP contribution >= 0.6 is 0 Å². The Morgan fingerprint density at radius 2 is 1.94 bits per heavy atom. The quantitative estimate of drug-likeness (QED) is 0.394. The zero-order valence-electron chi connectivity index (χ0n) is 18.3. The van der Waals surface area contributed by atoms with Crippen molar-refractivity contribution >= 4 is 0 Å². The minimum atomic E-state index is -4.68. The summed E-state index contributed by atoms with van der Waals surface area (Å²) in [7, 11) is 1.49. The van der Waals surface area contributed by atoms with Crippen molar-refractivity contribution in [2.24, 2.45) is 0 Å². The lowest BCUT2D eigenvalue weighted by Gasteiger charge is -2.25. The summed E-state index contributed by atoms with van der Waals surface area (Å²) in [5, 5.41) is 4.50. The Hall–Kier alpha value is -3.76. The third kappa shape index (κ3) is 3.91. The number of benzene rings is 1. The summed E-state index contributed by atoms with van der Waals surface area (Å²) in [5.74, 6) is -0.587. The van der Waals surface area contributed by atoms with Crippen LogP contribution in [0.5, 0.6) is 5.88 Å². The van der Waals surface area contributed by atoms with Crippen molar-refractivity contribution in [3.63, 3.8) is 0 Å². The van der Waals surface area contributed by atoms with E-state index in [0.717, 1.165) is 11.8 Å². The number of rotatable bonds is 4. The van der Waals surface area contributed by atoms with Gasteiger partial charge in [0.15, 0.2) is 5.82 Å². The van der Waals surface area contributed by atoms with Crippen LogP contribution in [-0.2, 0) is 12.7 Å². The molecule has 0 bridgehead atoms. The molecule has 0 unspecified atom stereocenters. The largest absolute Gasteiger partial charge is 0.479 e. The van der Waals surface area contributed by atoms with Gasteiger partial charge in [0.2, 0.25) is 5.88 Å². The molecule has 0 aliphatic carbocycles. The number of aromatic nitrogens is 6. The SMILES string of the molecule is COc1nc(-c2nc3n(n2)CCC[C@H]3c2ccc(F)cc2C(F)(F)F)ccc1-n1cnc(C)c1. The highest BCUT2D eigenvalue weighted by Gasteiger charge is 2.38. The summed E-state index contributed by atoms with van der Waals surface area (Å²) < 4.78 is 63.4. The van der Waals surface area contributed by atoms with Crippen molar-refractivity contribution in [1.82, 2.24) is 29.3 Å². The molecular formula is C23H20F4N6O. The number of ether oxygens (including phenoxy) is 1. The summed E-state index contributed by atoms with van der Waals surface area (Å²) in [6.45, 7) is 2.39. The third-order valence-electron chi connectivity index (χ3n) is 5.82. The minimum absolute atomic E-state index is 0.00911. The highest BCUT2D eigenvalue weighted by Crippen LogP contribution is 2.41. The van der Waals surface area contributed by atoms with Gasteiger partial charge in [-0.2, -0.15) is 13.2 Å². The molecule has 0 saturated heterocycles. The van der Waals surface area contributed by atoms with Gasteiger partial charge < -0.3 is 9.30 Å². The summed E-state index contributed by atoms with van der Waals surface area (Å²) in [5.41, 5.74) is 0.933. The lowest BCUT2D eigenvalue weighted by molar-refractivity contribution is -0.138. The number of alkyl halides is 3. The number of hydrogen-bond acceptors (Lipinski definition) is 5. The summed E-state index contributed by atoms with van der Waals surface area (Å²) in [6, 6.07) is 6.29. The number of halogens is 4. The van der Waals surface area contributed by atoms with E-state index in [1.165, 1.54) is 13.2 Å². The summed E-state index contributed by atoms with van der Waals surface area (Å²) in [4.78, 5) is 13.3. The molecule has 176 valence electrons. The first kappa shape index (κ1) is 22.1. The van der Waals surface area contributed by atoms with E-state index >= 15 is 0 Å². The van der Waals surface area contributed by atoms with Crippen molar-refractivity contribution in [3.8, 4) is 23.1 Å². The number of nitrogens with zero attached hydrogens (tertiary/aromatic N) is 6. The van der Waals surface area contributed by atoms with E-state index in [1.54, 1.807) is 27.7 Å². The number of hydrogen-bond donors (Lipinski definition) is 0. The van der Waals surface area contributed by atoms with Crippen molar-refractivity contribution < 1.29 is 22.3 Å². The van der Waals surface area contributed by atoms with Crippen LogP contribution in [0.3, 0.4) is 0 Å². The van der Waals surface area contributed by atoms with Gasteiger partial charge in [0.25, 0.3) is 0 Å². The Balaban J connectivity index is 1.55. The van der Waals surface area contributed by atoms with Crippen LogP contribution < -0.4 is 4.74 Å². The molecule has 0 saturated carbocycles. The number of imidazole rings is 1. The van der Waals surface area contributed by atoms with E-state index in [4.69, 9.17) is 4.74 Å². The molecule has 1 aromatic carbocycles. The molecule has 0 fully saturated rings. The second kappa shape index (κ2) is 8.23. The zero-order chi connectivity index (χ0) is 24.0. The fraction of sp³-hybridized carbons (Fsp3) is 0.304. The van der Waals surface area contributed by atoms with Crippen molar-refractivity contribution in [2.45, 2.75) is 38.4 Å². The molecule has 11 heteroatoms. The average Bonchev–Trinajstić information content (AvgIpc) is 3.44.